The zero-order chi connectivity index (χ0) is 8.10. The monoisotopic (exact) mass is 151 g/mol. The van der Waals surface area contributed by atoms with Gasteiger partial charge in [0.25, 0.3) is 5.82 Å². The zero-order valence-corrected chi connectivity index (χ0v) is 7.17. The summed E-state index contributed by atoms with van der Waals surface area (Å²) in [5, 5.41) is 0. The lowest BCUT2D eigenvalue weighted by Crippen LogP contribution is -2.26. The zero-order valence-electron chi connectivity index (χ0n) is 7.17. The molecule has 0 aliphatic heterocycles. The van der Waals surface area contributed by atoms with Crippen LogP contribution in [-0.4, -0.2) is 4.98 Å². The molecule has 0 saturated heterocycles. The fraction of sp³-hybridized carbons (Fsp3) is 0.444. The van der Waals surface area contributed by atoms with Crippen LogP contribution in [0.15, 0.2) is 18.5 Å². The van der Waals surface area contributed by atoms with Crippen LogP contribution in [0.4, 0.5) is 0 Å². The summed E-state index contributed by atoms with van der Waals surface area (Å²) in [6.07, 6.45) is 10.6. The molecule has 1 aromatic heterocycles. The van der Waals surface area contributed by atoms with Gasteiger partial charge in [-0.3, -0.25) is 0 Å². The molecular formula is C9H15N2+. The minimum absolute atomic E-state index is 1.15. The van der Waals surface area contributed by atoms with E-state index in [4.69, 9.17) is 0 Å². The van der Waals surface area contributed by atoms with E-state index in [1.54, 1.807) is 0 Å². The highest BCUT2D eigenvalue weighted by molar-refractivity contribution is 5.06. The van der Waals surface area contributed by atoms with E-state index in [9.17, 15) is 0 Å². The predicted octanol–water partition coefficient (Wildman–Crippen LogP) is 1.88. The Morgan fingerprint density at radius 2 is 2.45 bits per heavy atom. The highest BCUT2D eigenvalue weighted by Gasteiger charge is 1.97. The van der Waals surface area contributed by atoms with Gasteiger partial charge in [0.2, 0.25) is 0 Å². The van der Waals surface area contributed by atoms with Gasteiger partial charge in [-0.15, -0.1) is 0 Å². The summed E-state index contributed by atoms with van der Waals surface area (Å²) in [5.74, 6) is 1.16. The third-order valence-corrected chi connectivity index (χ3v) is 1.64. The molecule has 0 unspecified atom stereocenters. The van der Waals surface area contributed by atoms with E-state index in [2.05, 4.69) is 35.7 Å². The van der Waals surface area contributed by atoms with Gasteiger partial charge in [-0.2, -0.15) is 0 Å². The Labute approximate surface area is 67.6 Å². The van der Waals surface area contributed by atoms with Crippen molar-refractivity contribution in [3.05, 3.63) is 24.3 Å². The number of hydrogen-bond acceptors (Lipinski definition) is 0. The van der Waals surface area contributed by atoms with Crippen molar-refractivity contribution < 1.29 is 4.57 Å². The molecule has 0 aromatic carbocycles. The van der Waals surface area contributed by atoms with Gasteiger partial charge in [-0.25, -0.2) is 9.55 Å². The van der Waals surface area contributed by atoms with Crippen LogP contribution >= 0.6 is 0 Å². The van der Waals surface area contributed by atoms with Crippen LogP contribution in [0.5, 0.6) is 0 Å². The number of unbranched alkanes of at least 4 members (excludes halogenated alkanes) is 1. The number of hydrogen-bond donors (Lipinski definition) is 1. The maximum absolute atomic E-state index is 3.11. The Morgan fingerprint density at radius 3 is 3.00 bits per heavy atom. The van der Waals surface area contributed by atoms with E-state index in [1.807, 2.05) is 12.4 Å². The van der Waals surface area contributed by atoms with Crippen molar-refractivity contribution in [3.63, 3.8) is 0 Å². The van der Waals surface area contributed by atoms with Crippen molar-refractivity contribution in [2.45, 2.75) is 26.7 Å². The lowest BCUT2D eigenvalue weighted by Gasteiger charge is -1.86. The topological polar surface area (TPSA) is 19.7 Å². The third kappa shape index (κ3) is 2.22. The van der Waals surface area contributed by atoms with Gasteiger partial charge in [-0.1, -0.05) is 13.3 Å². The first-order chi connectivity index (χ1) is 5.34. The molecule has 0 atom stereocenters. The van der Waals surface area contributed by atoms with Crippen LogP contribution in [-0.2, 0) is 0 Å². The summed E-state index contributed by atoms with van der Waals surface area (Å²) < 4.78 is 2.08. The number of nitrogens with one attached hydrogen (secondary N) is 1. The second kappa shape index (κ2) is 3.96. The first-order valence-corrected chi connectivity index (χ1v) is 4.06. The molecule has 0 aliphatic rings. The molecule has 0 fully saturated rings. The summed E-state index contributed by atoms with van der Waals surface area (Å²) in [6.45, 7) is 4.23. The lowest BCUT2D eigenvalue weighted by atomic mass is 10.3. The van der Waals surface area contributed by atoms with Gasteiger partial charge in [0.05, 0.1) is 6.20 Å². The largest absolute Gasteiger partial charge is 0.255 e. The second-order valence-electron chi connectivity index (χ2n) is 2.63. The van der Waals surface area contributed by atoms with E-state index in [1.165, 1.54) is 6.42 Å². The number of allylic oxidation sites excluding steroid dienone is 1. The maximum atomic E-state index is 3.11. The quantitative estimate of drug-likeness (QED) is 0.636. The van der Waals surface area contributed by atoms with Crippen molar-refractivity contribution in [3.8, 4) is 0 Å². The number of H-pyrrole nitrogens is 1. The molecular weight excluding hydrogens is 136 g/mol. The van der Waals surface area contributed by atoms with Gasteiger partial charge < -0.3 is 0 Å². The van der Waals surface area contributed by atoms with Gasteiger partial charge in [0.1, 0.15) is 12.4 Å². The van der Waals surface area contributed by atoms with Crippen molar-refractivity contribution in [2.24, 2.45) is 0 Å². The molecule has 0 radical (unpaired) electrons. The van der Waals surface area contributed by atoms with Crippen LogP contribution in [0.1, 0.15) is 25.6 Å². The number of aryl methyl sites for hydroxylation is 1. The molecule has 0 amide bonds. The van der Waals surface area contributed by atoms with E-state index >= 15 is 0 Å². The van der Waals surface area contributed by atoms with E-state index in [0.717, 1.165) is 12.2 Å². The van der Waals surface area contributed by atoms with Crippen LogP contribution in [0.2, 0.25) is 0 Å². The summed E-state index contributed by atoms with van der Waals surface area (Å²) in [5.41, 5.74) is 0. The molecule has 0 saturated carbocycles. The summed E-state index contributed by atoms with van der Waals surface area (Å²) in [7, 11) is 0. The fourth-order valence-electron chi connectivity index (χ4n) is 0.941. The summed E-state index contributed by atoms with van der Waals surface area (Å²) in [4.78, 5) is 3.11. The molecule has 0 spiro atoms. The van der Waals surface area contributed by atoms with Crippen molar-refractivity contribution in [1.82, 2.24) is 4.98 Å². The lowest BCUT2D eigenvalue weighted by molar-refractivity contribution is -0.574. The van der Waals surface area contributed by atoms with Gasteiger partial charge >= 0.3 is 0 Å². The second-order valence-corrected chi connectivity index (χ2v) is 2.63. The number of rotatable bonds is 3. The average Bonchev–Trinajstić information content (AvgIpc) is 2.37. The Hall–Kier alpha value is -1.05. The van der Waals surface area contributed by atoms with Gasteiger partial charge in [0, 0.05) is 6.92 Å². The minimum atomic E-state index is 1.15. The molecule has 2 nitrogen and oxygen atoms in total. The normalized spacial score (nSPS) is 11.1. The molecule has 11 heavy (non-hydrogen) atoms. The number of aromatic nitrogens is 2. The first kappa shape index (κ1) is 8.05. The maximum Gasteiger partial charge on any atom is 0.255 e. The minimum Gasteiger partial charge on any atom is -0.247 e. The molecule has 1 heterocycles. The van der Waals surface area contributed by atoms with Crippen molar-refractivity contribution in [1.29, 1.82) is 0 Å². The van der Waals surface area contributed by atoms with Crippen LogP contribution in [0.3, 0.4) is 0 Å². The van der Waals surface area contributed by atoms with Crippen LogP contribution in [0, 0.1) is 6.92 Å². The molecule has 0 bridgehead atoms. The fourth-order valence-corrected chi connectivity index (χ4v) is 0.941. The Balaban J connectivity index is 2.56. The van der Waals surface area contributed by atoms with Crippen LogP contribution in [0.25, 0.3) is 6.20 Å². The number of imidazole rings is 1. The Kier molecular flexibility index (Phi) is 2.90. The number of aromatic amines is 1. The summed E-state index contributed by atoms with van der Waals surface area (Å²) >= 11 is 0. The smallest absolute Gasteiger partial charge is 0.247 e. The number of nitrogens with zero attached hydrogens (tertiary/aromatic N) is 1. The van der Waals surface area contributed by atoms with Gasteiger partial charge in [-0.05, 0) is 12.5 Å². The highest BCUT2D eigenvalue weighted by Crippen LogP contribution is 1.88. The molecule has 2 heteroatoms. The molecule has 1 rings (SSSR count). The van der Waals surface area contributed by atoms with Crippen molar-refractivity contribution in [2.75, 3.05) is 0 Å². The highest BCUT2D eigenvalue weighted by atomic mass is 15.0. The molecule has 60 valence electrons. The molecule has 1 aromatic rings. The SMILES string of the molecule is CCCC=C[n+]1cc[nH]c1C. The Bertz CT molecular complexity index is 235. The van der Waals surface area contributed by atoms with E-state index in [0.29, 0.717) is 0 Å². The first-order valence-electron chi connectivity index (χ1n) is 4.06. The third-order valence-electron chi connectivity index (χ3n) is 1.64. The Morgan fingerprint density at radius 1 is 1.64 bits per heavy atom. The van der Waals surface area contributed by atoms with Crippen molar-refractivity contribution >= 4 is 6.20 Å². The summed E-state index contributed by atoms with van der Waals surface area (Å²) in [6, 6.07) is 0. The molecule has 1 N–H and O–H groups in total. The van der Waals surface area contributed by atoms with E-state index in [-0.39, 0.29) is 0 Å². The average molecular weight is 151 g/mol. The van der Waals surface area contributed by atoms with Crippen LogP contribution < -0.4 is 4.57 Å². The van der Waals surface area contributed by atoms with E-state index < -0.39 is 0 Å². The standard InChI is InChI=1S/C9H14N2/c1-3-4-5-7-11-8-6-10-9(11)2/h5-8H,3-4H2,1-2H3/p+1. The molecule has 0 aliphatic carbocycles. The van der Waals surface area contributed by atoms with Gasteiger partial charge in [0.15, 0.2) is 0 Å². The predicted molar refractivity (Wildman–Crippen MR) is 46.0 cm³/mol.